The van der Waals surface area contributed by atoms with Gasteiger partial charge in [0.25, 0.3) is 0 Å². The third-order valence-corrected chi connectivity index (χ3v) is 2.78. The number of nitrogens with zero attached hydrogens (tertiary/aromatic N) is 4. The monoisotopic (exact) mass is 216 g/mol. The van der Waals surface area contributed by atoms with Crippen molar-refractivity contribution in [3.63, 3.8) is 0 Å². The second kappa shape index (κ2) is 3.81. The van der Waals surface area contributed by atoms with Crippen molar-refractivity contribution in [1.82, 2.24) is 14.5 Å². The normalized spacial score (nSPS) is 18.2. The first-order valence-corrected chi connectivity index (χ1v) is 5.01. The zero-order chi connectivity index (χ0) is 11.7. The summed E-state index contributed by atoms with van der Waals surface area (Å²) < 4.78 is 1.68. The Morgan fingerprint density at radius 3 is 2.81 bits per heavy atom. The van der Waals surface area contributed by atoms with E-state index >= 15 is 0 Å². The average Bonchev–Trinajstić information content (AvgIpc) is 2.77. The van der Waals surface area contributed by atoms with Gasteiger partial charge < -0.3 is 9.47 Å². The summed E-state index contributed by atoms with van der Waals surface area (Å²) in [5, 5.41) is 8.78. The number of carbonyl (C=O) groups excluding carboxylic acids is 1. The molecule has 0 radical (unpaired) electrons. The molecule has 1 aromatic heterocycles. The quantitative estimate of drug-likeness (QED) is 0.643. The van der Waals surface area contributed by atoms with E-state index in [0.717, 1.165) is 18.5 Å². The highest BCUT2D eigenvalue weighted by Crippen LogP contribution is 2.18. The predicted octanol–water partition coefficient (Wildman–Crippen LogP) is 0.537. The molecule has 1 amide bonds. The summed E-state index contributed by atoms with van der Waals surface area (Å²) in [5.74, 6) is 0.691. The Balaban J connectivity index is 2.34. The van der Waals surface area contributed by atoms with E-state index in [9.17, 15) is 4.79 Å². The topological polar surface area (TPSA) is 61.9 Å². The number of imidazole rings is 1. The highest BCUT2D eigenvalue weighted by Gasteiger charge is 2.22. The van der Waals surface area contributed by atoms with Crippen LogP contribution in [0, 0.1) is 11.3 Å². The summed E-state index contributed by atoms with van der Waals surface area (Å²) >= 11 is 0. The van der Waals surface area contributed by atoms with Crippen LogP contribution in [-0.4, -0.2) is 34.0 Å². The molecule has 1 aliphatic rings. The highest BCUT2D eigenvalue weighted by molar-refractivity contribution is 5.99. The molecule has 1 saturated heterocycles. The van der Waals surface area contributed by atoms with Gasteiger partial charge in [0.05, 0.1) is 6.20 Å². The fraction of sp³-hybridized carbons (Fsp3) is 0.364. The van der Waals surface area contributed by atoms with E-state index in [1.54, 1.807) is 29.6 Å². The Hall–Kier alpha value is -2.09. The third kappa shape index (κ3) is 1.58. The van der Waals surface area contributed by atoms with Crippen LogP contribution in [0.2, 0.25) is 0 Å². The van der Waals surface area contributed by atoms with Gasteiger partial charge in [0.15, 0.2) is 0 Å². The Kier molecular flexibility index (Phi) is 2.49. The van der Waals surface area contributed by atoms with Crippen LogP contribution in [0.4, 0.5) is 0 Å². The van der Waals surface area contributed by atoms with Gasteiger partial charge in [0, 0.05) is 26.2 Å². The van der Waals surface area contributed by atoms with Crippen molar-refractivity contribution in [2.75, 3.05) is 13.6 Å². The fourth-order valence-electron chi connectivity index (χ4n) is 1.69. The van der Waals surface area contributed by atoms with Crippen LogP contribution >= 0.6 is 0 Å². The minimum absolute atomic E-state index is 0.0431. The molecule has 2 rings (SSSR count). The van der Waals surface area contributed by atoms with E-state index in [2.05, 4.69) is 4.98 Å². The number of rotatable bonds is 1. The van der Waals surface area contributed by atoms with Gasteiger partial charge in [-0.25, -0.2) is 4.98 Å². The number of hydrogen-bond acceptors (Lipinski definition) is 3. The predicted molar refractivity (Wildman–Crippen MR) is 58.2 cm³/mol. The van der Waals surface area contributed by atoms with Crippen LogP contribution in [0.3, 0.4) is 0 Å². The zero-order valence-corrected chi connectivity index (χ0v) is 9.27. The van der Waals surface area contributed by atoms with Gasteiger partial charge in [-0.2, -0.15) is 5.26 Å². The lowest BCUT2D eigenvalue weighted by Gasteiger charge is -2.04. The molecule has 1 aromatic rings. The lowest BCUT2D eigenvalue weighted by molar-refractivity contribution is -0.123. The first-order chi connectivity index (χ1) is 7.63. The molecule has 0 bridgehead atoms. The molecule has 5 heteroatoms. The largest absolute Gasteiger partial charge is 0.342 e. The van der Waals surface area contributed by atoms with Crippen molar-refractivity contribution >= 4 is 12.0 Å². The molecular weight excluding hydrogens is 204 g/mol. The highest BCUT2D eigenvalue weighted by atomic mass is 16.2. The number of likely N-dealkylation sites (tertiary alicyclic amines) is 1. The van der Waals surface area contributed by atoms with Crippen LogP contribution < -0.4 is 0 Å². The van der Waals surface area contributed by atoms with Crippen molar-refractivity contribution in [3.8, 4) is 6.07 Å². The van der Waals surface area contributed by atoms with Gasteiger partial charge in [0.2, 0.25) is 5.91 Å². The molecular formula is C11H12N4O. The van der Waals surface area contributed by atoms with Crippen LogP contribution in [0.15, 0.2) is 11.8 Å². The Morgan fingerprint density at radius 1 is 1.56 bits per heavy atom. The molecule has 0 unspecified atom stereocenters. The lowest BCUT2D eigenvalue weighted by atomic mass is 10.2. The first kappa shape index (κ1) is 10.4. The summed E-state index contributed by atoms with van der Waals surface area (Å²) in [4.78, 5) is 17.4. The standard InChI is InChI=1S/C11H12N4O/c1-14-4-3-8(11(14)16)5-10-13-7-9(6-12)15(10)2/h5,7H,3-4H2,1-2H3/b8-5+. The fourth-order valence-corrected chi connectivity index (χ4v) is 1.69. The minimum atomic E-state index is 0.0431. The number of carbonyl (C=O) groups is 1. The number of hydrogen-bond donors (Lipinski definition) is 0. The van der Waals surface area contributed by atoms with Gasteiger partial charge in [-0.1, -0.05) is 0 Å². The molecule has 5 nitrogen and oxygen atoms in total. The average molecular weight is 216 g/mol. The van der Waals surface area contributed by atoms with Crippen LogP contribution in [-0.2, 0) is 11.8 Å². The maximum absolute atomic E-state index is 11.7. The second-order valence-corrected chi connectivity index (χ2v) is 3.82. The van der Waals surface area contributed by atoms with Gasteiger partial charge >= 0.3 is 0 Å². The molecule has 1 fully saturated rings. The molecule has 0 atom stereocenters. The van der Waals surface area contributed by atoms with Crippen molar-refractivity contribution in [2.45, 2.75) is 6.42 Å². The van der Waals surface area contributed by atoms with Crippen molar-refractivity contribution in [1.29, 1.82) is 5.26 Å². The summed E-state index contributed by atoms with van der Waals surface area (Å²) in [6.07, 6.45) is 4.01. The summed E-state index contributed by atoms with van der Waals surface area (Å²) in [5.41, 5.74) is 1.24. The number of nitriles is 1. The molecule has 16 heavy (non-hydrogen) atoms. The summed E-state index contributed by atoms with van der Waals surface area (Å²) in [6.45, 7) is 0.750. The van der Waals surface area contributed by atoms with Crippen molar-refractivity contribution < 1.29 is 4.79 Å². The Labute approximate surface area is 93.6 Å². The number of aromatic nitrogens is 2. The van der Waals surface area contributed by atoms with Crippen LogP contribution in [0.1, 0.15) is 17.9 Å². The maximum atomic E-state index is 11.7. The van der Waals surface area contributed by atoms with Crippen LogP contribution in [0.5, 0.6) is 0 Å². The van der Waals surface area contributed by atoms with E-state index in [-0.39, 0.29) is 5.91 Å². The molecule has 0 aromatic carbocycles. The molecule has 0 N–H and O–H groups in total. The van der Waals surface area contributed by atoms with Gasteiger partial charge in [-0.15, -0.1) is 0 Å². The first-order valence-electron chi connectivity index (χ1n) is 5.01. The van der Waals surface area contributed by atoms with Gasteiger partial charge in [-0.05, 0) is 12.5 Å². The minimum Gasteiger partial charge on any atom is -0.342 e. The van der Waals surface area contributed by atoms with E-state index in [1.165, 1.54) is 6.20 Å². The van der Waals surface area contributed by atoms with Gasteiger partial charge in [0.1, 0.15) is 17.6 Å². The molecule has 1 aliphatic heterocycles. The molecule has 82 valence electrons. The van der Waals surface area contributed by atoms with Crippen molar-refractivity contribution in [2.24, 2.45) is 7.05 Å². The van der Waals surface area contributed by atoms with Crippen molar-refractivity contribution in [3.05, 3.63) is 23.3 Å². The third-order valence-electron chi connectivity index (χ3n) is 2.78. The zero-order valence-electron chi connectivity index (χ0n) is 9.27. The van der Waals surface area contributed by atoms with E-state index < -0.39 is 0 Å². The second-order valence-electron chi connectivity index (χ2n) is 3.82. The SMILES string of the molecule is CN1CC/C(=C\c2ncc(C#N)n2C)C1=O. The molecule has 0 saturated carbocycles. The Bertz CT molecular complexity index is 507. The maximum Gasteiger partial charge on any atom is 0.249 e. The van der Waals surface area contributed by atoms with E-state index in [4.69, 9.17) is 5.26 Å². The van der Waals surface area contributed by atoms with Gasteiger partial charge in [-0.3, -0.25) is 4.79 Å². The summed E-state index contributed by atoms with van der Waals surface area (Å²) in [7, 11) is 3.55. The summed E-state index contributed by atoms with van der Waals surface area (Å²) in [6, 6.07) is 2.04. The number of amides is 1. The smallest absolute Gasteiger partial charge is 0.249 e. The van der Waals surface area contributed by atoms with E-state index in [1.807, 2.05) is 6.07 Å². The number of likely N-dealkylation sites (N-methyl/N-ethyl adjacent to an activating group) is 1. The van der Waals surface area contributed by atoms with E-state index in [0.29, 0.717) is 11.5 Å². The Morgan fingerprint density at radius 2 is 2.31 bits per heavy atom. The molecule has 2 heterocycles. The molecule has 0 aliphatic carbocycles. The lowest BCUT2D eigenvalue weighted by Crippen LogP contribution is -2.19. The van der Waals surface area contributed by atoms with Crippen LogP contribution in [0.25, 0.3) is 6.08 Å². The molecule has 0 spiro atoms.